The molecule has 0 bridgehead atoms. The molecule has 1 atom stereocenters. The molecule has 0 N–H and O–H groups in total. The largest absolute Gasteiger partial charge is 0.462 e. The predicted octanol–water partition coefficient (Wildman–Crippen LogP) is 6.68. The highest BCUT2D eigenvalue weighted by Gasteiger charge is 2.43. The Morgan fingerprint density at radius 1 is 0.971 bits per heavy atom. The van der Waals surface area contributed by atoms with Gasteiger partial charge in [-0.25, -0.2) is 4.79 Å². The van der Waals surface area contributed by atoms with Crippen LogP contribution in [0.2, 0.25) is 15.1 Å². The van der Waals surface area contributed by atoms with Crippen molar-refractivity contribution in [3.63, 3.8) is 0 Å². The molecule has 1 amide bonds. The van der Waals surface area contributed by atoms with Crippen molar-refractivity contribution in [2.24, 2.45) is 0 Å². The average Bonchev–Trinajstić information content (AvgIpc) is 3.14. The van der Waals surface area contributed by atoms with Gasteiger partial charge >= 0.3 is 5.97 Å². The topological polar surface area (TPSA) is 76.8 Å². The van der Waals surface area contributed by atoms with Crippen molar-refractivity contribution < 1.29 is 18.7 Å². The zero-order chi connectivity index (χ0) is 24.9. The molecule has 1 aliphatic rings. The molecule has 176 valence electrons. The number of rotatable bonds is 4. The molecule has 1 aliphatic heterocycles. The van der Waals surface area contributed by atoms with Crippen LogP contribution < -0.4 is 10.3 Å². The van der Waals surface area contributed by atoms with Crippen molar-refractivity contribution in [2.45, 2.75) is 13.0 Å². The van der Waals surface area contributed by atoms with Crippen molar-refractivity contribution in [1.82, 2.24) is 0 Å². The minimum atomic E-state index is -0.847. The van der Waals surface area contributed by atoms with Crippen LogP contribution in [0.5, 0.6) is 0 Å². The number of anilines is 1. The van der Waals surface area contributed by atoms with Crippen LogP contribution in [0.25, 0.3) is 11.0 Å². The molecule has 5 rings (SSSR count). The Labute approximate surface area is 214 Å². The lowest BCUT2D eigenvalue weighted by molar-refractivity contribution is 0.0526. The van der Waals surface area contributed by atoms with E-state index < -0.39 is 17.9 Å². The number of ether oxygens (including phenoxy) is 1. The van der Waals surface area contributed by atoms with Crippen molar-refractivity contribution in [2.75, 3.05) is 11.5 Å². The lowest BCUT2D eigenvalue weighted by Crippen LogP contribution is -2.29. The molecule has 1 aromatic heterocycles. The van der Waals surface area contributed by atoms with Crippen LogP contribution in [0.15, 0.2) is 69.9 Å². The summed E-state index contributed by atoms with van der Waals surface area (Å²) >= 11 is 18.5. The highest BCUT2D eigenvalue weighted by atomic mass is 35.5. The Hall–Kier alpha value is -3.32. The Balaban J connectivity index is 1.72. The van der Waals surface area contributed by atoms with Gasteiger partial charge in [-0.1, -0.05) is 40.9 Å². The second kappa shape index (κ2) is 9.04. The van der Waals surface area contributed by atoms with Crippen molar-refractivity contribution in [1.29, 1.82) is 0 Å². The Morgan fingerprint density at radius 3 is 2.40 bits per heavy atom. The summed E-state index contributed by atoms with van der Waals surface area (Å²) in [5.74, 6) is -1.06. The Bertz CT molecular complexity index is 1560. The molecular weight excluding hydrogens is 513 g/mol. The lowest BCUT2D eigenvalue weighted by atomic mass is 9.98. The molecule has 1 unspecified atom stereocenters. The maximum Gasteiger partial charge on any atom is 0.338 e. The van der Waals surface area contributed by atoms with Crippen LogP contribution in [-0.2, 0) is 4.74 Å². The number of carbonyl (C=O) groups excluding carboxylic acids is 2. The first-order valence-electron chi connectivity index (χ1n) is 10.6. The maximum atomic E-state index is 13.6. The van der Waals surface area contributed by atoms with Crippen molar-refractivity contribution in [3.8, 4) is 0 Å². The molecule has 0 spiro atoms. The SMILES string of the molecule is CCOC(=O)c1ccc(N2C(=O)c3oc4ccc(Cl)cc4c(=O)c3C2c2ccc(Cl)c(Cl)c2)cc1. The van der Waals surface area contributed by atoms with E-state index in [2.05, 4.69) is 0 Å². The van der Waals surface area contributed by atoms with Gasteiger partial charge in [0.25, 0.3) is 5.91 Å². The van der Waals surface area contributed by atoms with Gasteiger partial charge in [0.1, 0.15) is 5.58 Å². The van der Waals surface area contributed by atoms with Crippen LogP contribution >= 0.6 is 34.8 Å². The minimum Gasteiger partial charge on any atom is -0.462 e. The molecule has 35 heavy (non-hydrogen) atoms. The van der Waals surface area contributed by atoms with Gasteiger partial charge in [0.2, 0.25) is 5.76 Å². The first-order chi connectivity index (χ1) is 16.8. The van der Waals surface area contributed by atoms with E-state index in [1.807, 2.05) is 0 Å². The summed E-state index contributed by atoms with van der Waals surface area (Å²) in [6.07, 6.45) is 0. The number of hydrogen-bond donors (Lipinski definition) is 0. The summed E-state index contributed by atoms with van der Waals surface area (Å²) < 4.78 is 11.0. The van der Waals surface area contributed by atoms with Gasteiger partial charge in [-0.05, 0) is 67.1 Å². The van der Waals surface area contributed by atoms with Crippen LogP contribution in [0.1, 0.15) is 45.0 Å². The van der Waals surface area contributed by atoms with Crippen molar-refractivity contribution >= 4 is 63.3 Å². The molecule has 2 heterocycles. The summed E-state index contributed by atoms with van der Waals surface area (Å²) in [5, 5.41) is 1.23. The highest BCUT2D eigenvalue weighted by molar-refractivity contribution is 6.42. The minimum absolute atomic E-state index is 0.0737. The Morgan fingerprint density at radius 2 is 1.71 bits per heavy atom. The molecule has 4 aromatic rings. The summed E-state index contributed by atoms with van der Waals surface area (Å²) in [6.45, 7) is 1.96. The van der Waals surface area contributed by atoms with E-state index in [1.165, 1.54) is 11.0 Å². The molecule has 0 saturated heterocycles. The summed E-state index contributed by atoms with van der Waals surface area (Å²) in [5.41, 5.74) is 1.39. The van der Waals surface area contributed by atoms with E-state index in [4.69, 9.17) is 44.0 Å². The fourth-order valence-corrected chi connectivity index (χ4v) is 4.66. The average molecular weight is 529 g/mol. The number of fused-ring (bicyclic) bond motifs is 2. The van der Waals surface area contributed by atoms with Crippen LogP contribution in [0.4, 0.5) is 5.69 Å². The quantitative estimate of drug-likeness (QED) is 0.276. The first kappa shape index (κ1) is 23.4. The predicted molar refractivity (Wildman–Crippen MR) is 135 cm³/mol. The van der Waals surface area contributed by atoms with Crippen LogP contribution in [-0.4, -0.2) is 18.5 Å². The van der Waals surface area contributed by atoms with E-state index in [0.717, 1.165) is 0 Å². The monoisotopic (exact) mass is 527 g/mol. The second-order valence-corrected chi connectivity index (χ2v) is 9.08. The van der Waals surface area contributed by atoms with Crippen LogP contribution in [0, 0.1) is 0 Å². The van der Waals surface area contributed by atoms with E-state index in [1.54, 1.807) is 61.5 Å². The first-order valence-corrected chi connectivity index (χ1v) is 11.8. The zero-order valence-electron chi connectivity index (χ0n) is 18.2. The van der Waals surface area contributed by atoms with Gasteiger partial charge in [0.05, 0.1) is 39.2 Å². The molecule has 9 heteroatoms. The van der Waals surface area contributed by atoms with Gasteiger partial charge in [0.15, 0.2) is 5.43 Å². The lowest BCUT2D eigenvalue weighted by Gasteiger charge is -2.25. The third-order valence-corrected chi connectivity index (χ3v) is 6.72. The van der Waals surface area contributed by atoms with Gasteiger partial charge < -0.3 is 9.15 Å². The smallest absolute Gasteiger partial charge is 0.338 e. The van der Waals surface area contributed by atoms with E-state index in [0.29, 0.717) is 26.9 Å². The van der Waals surface area contributed by atoms with E-state index >= 15 is 0 Å². The summed E-state index contributed by atoms with van der Waals surface area (Å²) in [6, 6.07) is 15.0. The number of halogens is 3. The number of amides is 1. The zero-order valence-corrected chi connectivity index (χ0v) is 20.4. The highest BCUT2D eigenvalue weighted by Crippen LogP contribution is 2.42. The molecule has 0 fully saturated rings. The van der Waals surface area contributed by atoms with Gasteiger partial charge in [-0.3, -0.25) is 14.5 Å². The second-order valence-electron chi connectivity index (χ2n) is 7.83. The number of hydrogen-bond acceptors (Lipinski definition) is 5. The maximum absolute atomic E-state index is 13.6. The number of esters is 1. The molecule has 3 aromatic carbocycles. The van der Waals surface area contributed by atoms with Crippen LogP contribution in [0.3, 0.4) is 0 Å². The molecule has 0 radical (unpaired) electrons. The number of carbonyl (C=O) groups is 2. The molecule has 6 nitrogen and oxygen atoms in total. The number of nitrogens with zero attached hydrogens (tertiary/aromatic N) is 1. The van der Waals surface area contributed by atoms with Crippen molar-refractivity contribution in [3.05, 3.63) is 108 Å². The molecule has 0 aliphatic carbocycles. The summed E-state index contributed by atoms with van der Waals surface area (Å²) in [7, 11) is 0. The standard InChI is InChI=1S/C26H16Cl3NO5/c1-2-34-26(33)13-3-7-16(8-4-13)30-22(14-5-9-18(28)19(29)11-14)21-23(31)17-12-15(27)6-10-20(17)35-24(21)25(30)32/h3-12,22H,2H2,1H3. The fourth-order valence-electron chi connectivity index (χ4n) is 4.18. The third kappa shape index (κ3) is 3.97. The van der Waals surface area contributed by atoms with Gasteiger partial charge in [-0.15, -0.1) is 0 Å². The van der Waals surface area contributed by atoms with E-state index in [-0.39, 0.29) is 39.4 Å². The van der Waals surface area contributed by atoms with Gasteiger partial charge in [-0.2, -0.15) is 0 Å². The fraction of sp³-hybridized carbons (Fsp3) is 0.115. The summed E-state index contributed by atoms with van der Waals surface area (Å²) in [4.78, 5) is 40.8. The van der Waals surface area contributed by atoms with E-state index in [9.17, 15) is 14.4 Å². The molecule has 0 saturated carbocycles. The third-order valence-electron chi connectivity index (χ3n) is 5.75. The Kier molecular flexibility index (Phi) is 6.05. The molecular formula is C26H16Cl3NO5. The van der Waals surface area contributed by atoms with Gasteiger partial charge in [0, 0.05) is 10.7 Å². The normalized spacial score (nSPS) is 14.9. The number of benzene rings is 3.